The minimum absolute atomic E-state index is 0.00844. The van der Waals surface area contributed by atoms with E-state index in [0.29, 0.717) is 26.1 Å². The molecule has 1 aliphatic heterocycles. The zero-order chi connectivity index (χ0) is 32.9. The number of ether oxygens (including phenoxy) is 2. The second-order valence-corrected chi connectivity index (χ2v) is 12.6. The smallest absolute Gasteiger partial charge is 0.274 e. The van der Waals surface area contributed by atoms with E-state index in [0.717, 1.165) is 24.1 Å². The lowest BCUT2D eigenvalue weighted by atomic mass is 9.96. The van der Waals surface area contributed by atoms with Crippen LogP contribution in [0.4, 0.5) is 8.78 Å². The van der Waals surface area contributed by atoms with Gasteiger partial charge in [-0.05, 0) is 37.3 Å². The fraction of sp³-hybridized carbons (Fsp3) is 0.441. The summed E-state index contributed by atoms with van der Waals surface area (Å²) in [4.78, 5) is 44.1. The molecule has 3 atom stereocenters. The van der Waals surface area contributed by atoms with Gasteiger partial charge in [0.15, 0.2) is 11.4 Å². The van der Waals surface area contributed by atoms with Gasteiger partial charge in [0, 0.05) is 49.8 Å². The van der Waals surface area contributed by atoms with Crippen LogP contribution in [0, 0.1) is 17.6 Å². The first-order valence-electron chi connectivity index (χ1n) is 15.1. The number of hydrogen-bond donors (Lipinski definition) is 2. The van der Waals surface area contributed by atoms with Gasteiger partial charge in [0.05, 0.1) is 12.1 Å². The van der Waals surface area contributed by atoms with Gasteiger partial charge in [0.25, 0.3) is 11.8 Å². The van der Waals surface area contributed by atoms with Crippen molar-refractivity contribution in [2.75, 3.05) is 20.3 Å². The summed E-state index contributed by atoms with van der Waals surface area (Å²) in [5.74, 6) is -2.90. The minimum atomic E-state index is -0.826. The molecular formula is C34H41F2N3O5S. The van der Waals surface area contributed by atoms with Crippen molar-refractivity contribution < 1.29 is 27.8 Å². The van der Waals surface area contributed by atoms with Gasteiger partial charge < -0.3 is 24.3 Å². The highest BCUT2D eigenvalue weighted by Gasteiger charge is 2.40. The van der Waals surface area contributed by atoms with E-state index in [4.69, 9.17) is 22.1 Å². The molecule has 0 bridgehead atoms. The third kappa shape index (κ3) is 7.58. The molecule has 4 rings (SSSR count). The van der Waals surface area contributed by atoms with E-state index >= 15 is 0 Å². The third-order valence-electron chi connectivity index (χ3n) is 8.66. The van der Waals surface area contributed by atoms with Crippen molar-refractivity contribution in [1.29, 1.82) is 0 Å². The molecule has 0 spiro atoms. The van der Waals surface area contributed by atoms with Crippen LogP contribution in [-0.4, -0.2) is 47.1 Å². The molecule has 0 aliphatic carbocycles. The van der Waals surface area contributed by atoms with E-state index in [-0.39, 0.29) is 47.3 Å². The van der Waals surface area contributed by atoms with E-state index in [1.165, 1.54) is 10.6 Å². The van der Waals surface area contributed by atoms with Crippen molar-refractivity contribution in [1.82, 2.24) is 14.8 Å². The molecule has 1 aromatic heterocycles. The van der Waals surface area contributed by atoms with Gasteiger partial charge in [-0.1, -0.05) is 56.7 Å². The molecule has 3 unspecified atom stereocenters. The maximum atomic E-state index is 14.4. The highest BCUT2D eigenvalue weighted by Crippen LogP contribution is 2.34. The molecule has 11 heteroatoms. The molecule has 1 N–H and O–H groups in total. The summed E-state index contributed by atoms with van der Waals surface area (Å²) < 4.78 is 41.1. The fourth-order valence-electron chi connectivity index (χ4n) is 5.40. The normalized spacial score (nSPS) is 17.5. The second kappa shape index (κ2) is 14.6. The van der Waals surface area contributed by atoms with Gasteiger partial charge in [0.2, 0.25) is 5.43 Å². The van der Waals surface area contributed by atoms with Crippen LogP contribution >= 0.6 is 12.6 Å². The Morgan fingerprint density at radius 1 is 1.20 bits per heavy atom. The van der Waals surface area contributed by atoms with Gasteiger partial charge in [-0.3, -0.25) is 14.4 Å². The summed E-state index contributed by atoms with van der Waals surface area (Å²) in [6.07, 6.45) is 1.96. The first kappa shape index (κ1) is 34.2. The van der Waals surface area contributed by atoms with Crippen molar-refractivity contribution in [2.45, 2.75) is 64.0 Å². The Hall–Kier alpha value is -3.70. The maximum absolute atomic E-state index is 14.4. The Labute approximate surface area is 268 Å². The molecule has 8 nitrogen and oxygen atoms in total. The van der Waals surface area contributed by atoms with Crippen molar-refractivity contribution in [2.24, 2.45) is 13.0 Å². The predicted molar refractivity (Wildman–Crippen MR) is 172 cm³/mol. The molecule has 242 valence electrons. The van der Waals surface area contributed by atoms with Crippen LogP contribution in [-0.2, 0) is 24.9 Å². The molecule has 3 aromatic rings. The third-order valence-corrected chi connectivity index (χ3v) is 9.12. The van der Waals surface area contributed by atoms with E-state index in [1.54, 1.807) is 19.0 Å². The van der Waals surface area contributed by atoms with Gasteiger partial charge in [0.1, 0.15) is 23.8 Å². The Kier molecular flexibility index (Phi) is 11.1. The predicted octanol–water partition coefficient (Wildman–Crippen LogP) is 5.83. The van der Waals surface area contributed by atoms with Gasteiger partial charge in [-0.2, -0.15) is 12.6 Å². The highest BCUT2D eigenvalue weighted by atomic mass is 32.1. The minimum Gasteiger partial charge on any atom is -0.483 e. The van der Waals surface area contributed by atoms with Crippen LogP contribution in [0.1, 0.15) is 83.0 Å². The van der Waals surface area contributed by atoms with Gasteiger partial charge >= 0.3 is 0 Å². The number of pyridine rings is 1. The number of carbonyl (C=O) groups is 2. The maximum Gasteiger partial charge on any atom is 0.274 e. The largest absolute Gasteiger partial charge is 0.483 e. The Morgan fingerprint density at radius 3 is 2.53 bits per heavy atom. The Bertz CT molecular complexity index is 1590. The summed E-state index contributed by atoms with van der Waals surface area (Å²) >= 11 is 4.85. The van der Waals surface area contributed by atoms with Crippen molar-refractivity contribution >= 4 is 24.4 Å². The van der Waals surface area contributed by atoms with Gasteiger partial charge in [-0.25, -0.2) is 8.78 Å². The summed E-state index contributed by atoms with van der Waals surface area (Å²) in [6, 6.07) is 12.2. The highest BCUT2D eigenvalue weighted by molar-refractivity contribution is 7.80. The molecule has 2 aromatic carbocycles. The van der Waals surface area contributed by atoms with Crippen molar-refractivity contribution in [3.8, 4) is 5.75 Å². The number of aromatic nitrogens is 1. The molecule has 1 aliphatic rings. The zero-order valence-corrected chi connectivity index (χ0v) is 27.3. The van der Waals surface area contributed by atoms with Crippen LogP contribution in [0.3, 0.4) is 0 Å². The summed E-state index contributed by atoms with van der Waals surface area (Å²) in [7, 11) is 3.28. The lowest BCUT2D eigenvalue weighted by molar-refractivity contribution is 0.0534. The molecule has 0 radical (unpaired) electrons. The van der Waals surface area contributed by atoms with E-state index in [2.05, 4.69) is 5.32 Å². The summed E-state index contributed by atoms with van der Waals surface area (Å²) in [5.41, 5.74) is -0.594. The molecule has 0 saturated carbocycles. The average molecular weight is 642 g/mol. The lowest BCUT2D eigenvalue weighted by Gasteiger charge is -2.35. The molecular weight excluding hydrogens is 600 g/mol. The number of hydrogen-bond acceptors (Lipinski definition) is 6. The number of thiol groups is 1. The zero-order valence-electron chi connectivity index (χ0n) is 26.4. The lowest BCUT2D eigenvalue weighted by Crippen LogP contribution is -2.49. The molecule has 1 fully saturated rings. The van der Waals surface area contributed by atoms with E-state index in [9.17, 15) is 23.2 Å². The topological polar surface area (TPSA) is 89.9 Å². The molecule has 45 heavy (non-hydrogen) atoms. The Morgan fingerprint density at radius 2 is 1.91 bits per heavy atom. The van der Waals surface area contributed by atoms with E-state index < -0.39 is 39.7 Å². The number of nitrogens with zero attached hydrogens (tertiary/aromatic N) is 2. The molecule has 2 amide bonds. The number of halogens is 2. The van der Waals surface area contributed by atoms with Crippen LogP contribution in [0.25, 0.3) is 0 Å². The SMILES string of the molecule is CCC(C)CC(S)c1c(C(=O)NCc2ccc(F)cc2F)c(=O)c(OCc2ccccc2)c(C(=O)N(C)C2(C)CCOC2)n1C. The first-order valence-corrected chi connectivity index (χ1v) is 15.6. The summed E-state index contributed by atoms with van der Waals surface area (Å²) in [6.45, 7) is 6.50. The number of amides is 2. The second-order valence-electron chi connectivity index (χ2n) is 11.9. The van der Waals surface area contributed by atoms with Crippen molar-refractivity contribution in [3.63, 3.8) is 0 Å². The van der Waals surface area contributed by atoms with Gasteiger partial charge in [-0.15, -0.1) is 0 Å². The number of likely N-dealkylation sites (N-methyl/N-ethyl adjacent to an activating group) is 1. The van der Waals surface area contributed by atoms with Crippen LogP contribution in [0.15, 0.2) is 53.3 Å². The number of carbonyl (C=O) groups excluding carboxylic acids is 2. The molecule has 2 heterocycles. The van der Waals surface area contributed by atoms with Crippen molar-refractivity contribution in [3.05, 3.63) is 98.5 Å². The quantitative estimate of drug-likeness (QED) is 0.243. The summed E-state index contributed by atoms with van der Waals surface area (Å²) in [5, 5.41) is 2.01. The van der Waals surface area contributed by atoms with Crippen LogP contribution in [0.5, 0.6) is 5.75 Å². The van der Waals surface area contributed by atoms with Crippen LogP contribution < -0.4 is 15.5 Å². The number of rotatable bonds is 12. The van der Waals surface area contributed by atoms with E-state index in [1.807, 2.05) is 51.1 Å². The number of nitrogens with one attached hydrogen (secondary N) is 1. The number of benzene rings is 2. The molecule has 1 saturated heterocycles. The first-order chi connectivity index (χ1) is 21.4. The fourth-order valence-corrected chi connectivity index (χ4v) is 6.07. The average Bonchev–Trinajstić information content (AvgIpc) is 3.47. The Balaban J connectivity index is 1.87. The standard InChI is InChI=1S/C34H41F2N3O5S/c1-6-21(2)16-26(45)28-27(32(41)37-18-23-12-13-24(35)17-25(23)36)30(40)31(44-19-22-10-8-7-9-11-22)29(38(28)4)33(42)39(5)34(3)14-15-43-20-34/h7-13,17,21,26,45H,6,14-16,18-20H2,1-5H3,(H,37,41). The monoisotopic (exact) mass is 641 g/mol. The van der Waals surface area contributed by atoms with Crippen LogP contribution in [0.2, 0.25) is 0 Å².